The predicted molar refractivity (Wildman–Crippen MR) is 53.2 cm³/mol. The van der Waals surface area contributed by atoms with E-state index in [0.29, 0.717) is 0 Å². The van der Waals surface area contributed by atoms with Gasteiger partial charge in [-0.3, -0.25) is 9.78 Å². The highest BCUT2D eigenvalue weighted by Crippen LogP contribution is 2.14. The Kier molecular flexibility index (Phi) is 4.66. The zero-order valence-corrected chi connectivity index (χ0v) is 9.08. The van der Waals surface area contributed by atoms with Gasteiger partial charge in [0.05, 0.1) is 7.11 Å². The molecule has 3 nitrogen and oxygen atoms in total. The third-order valence-corrected chi connectivity index (χ3v) is 2.02. The van der Waals surface area contributed by atoms with Crippen molar-refractivity contribution in [2.45, 2.75) is 20.8 Å². The van der Waals surface area contributed by atoms with Crippen molar-refractivity contribution in [3.05, 3.63) is 10.2 Å². The summed E-state index contributed by atoms with van der Waals surface area (Å²) in [7, 11) is 3.48. The molecule has 4 heteroatoms. The van der Waals surface area contributed by atoms with E-state index in [0.717, 1.165) is 16.1 Å². The van der Waals surface area contributed by atoms with Gasteiger partial charge >= 0.3 is 0 Å². The topological polar surface area (TPSA) is 29.9 Å². The van der Waals surface area contributed by atoms with E-state index in [1.807, 2.05) is 27.8 Å². The number of ether oxygens (including phenoxy) is 1. The lowest BCUT2D eigenvalue weighted by molar-refractivity contribution is 0.389. The summed E-state index contributed by atoms with van der Waals surface area (Å²) in [5, 5.41) is 2.95. The fraction of sp³-hybridized carbons (Fsp3) is 0.625. The number of aromatic nitrogens is 2. The van der Waals surface area contributed by atoms with Gasteiger partial charge in [-0.1, -0.05) is 26.1 Å². The van der Waals surface area contributed by atoms with Gasteiger partial charge < -0.3 is 4.74 Å². The highest BCUT2D eigenvalue weighted by atomic mass is 32.1. The molecule has 0 aliphatic rings. The Morgan fingerprint density at radius 2 is 1.92 bits per heavy atom. The van der Waals surface area contributed by atoms with E-state index in [-0.39, 0.29) is 0 Å². The van der Waals surface area contributed by atoms with Crippen LogP contribution in [-0.4, -0.2) is 16.9 Å². The second kappa shape index (κ2) is 4.98. The fourth-order valence-electron chi connectivity index (χ4n) is 0.834. The molecule has 0 bridgehead atoms. The van der Waals surface area contributed by atoms with Crippen molar-refractivity contribution < 1.29 is 4.74 Å². The largest absolute Gasteiger partial charge is 0.481 e. The molecule has 70 valence electrons. The Bertz CT molecular complexity index is 288. The Balaban J connectivity index is 0.000000561. The Morgan fingerprint density at radius 1 is 1.42 bits per heavy atom. The van der Waals surface area contributed by atoms with E-state index in [1.54, 1.807) is 11.8 Å². The molecule has 1 rings (SSSR count). The number of hydrogen-bond donors (Lipinski definition) is 1. The lowest BCUT2D eigenvalue weighted by Crippen LogP contribution is -1.90. The normalized spacial score (nSPS) is 8.75. The molecule has 1 aromatic rings. The molecule has 0 atom stereocenters. The van der Waals surface area contributed by atoms with Gasteiger partial charge in [0.25, 0.3) is 0 Å². The minimum Gasteiger partial charge on any atom is -0.481 e. The van der Waals surface area contributed by atoms with Gasteiger partial charge in [-0.2, -0.15) is 0 Å². The molecule has 0 spiro atoms. The number of aromatic amines is 1. The molecule has 0 fully saturated rings. The number of nitrogens with zero attached hydrogens (tertiary/aromatic N) is 1. The van der Waals surface area contributed by atoms with E-state index < -0.39 is 0 Å². The molecule has 12 heavy (non-hydrogen) atoms. The lowest BCUT2D eigenvalue weighted by atomic mass is 10.4. The van der Waals surface area contributed by atoms with Crippen LogP contribution in [0.2, 0.25) is 0 Å². The molecule has 0 unspecified atom stereocenters. The third-order valence-electron chi connectivity index (χ3n) is 1.44. The van der Waals surface area contributed by atoms with Crippen LogP contribution in [0.5, 0.6) is 5.88 Å². The summed E-state index contributed by atoms with van der Waals surface area (Å²) in [4.78, 5) is 0. The fourth-order valence-corrected chi connectivity index (χ4v) is 0.973. The summed E-state index contributed by atoms with van der Waals surface area (Å²) >= 11 is 5.03. The standard InChI is InChI=1S/C6H10N2OS.C2H6/c1-4-5(9-3)7-8(2)6(4)10;1-2/h7H,1-3H3;1-2H3. The molecule has 0 aliphatic heterocycles. The van der Waals surface area contributed by atoms with E-state index in [2.05, 4.69) is 5.10 Å². The van der Waals surface area contributed by atoms with Crippen LogP contribution >= 0.6 is 12.2 Å². The number of H-pyrrole nitrogens is 1. The first-order valence-corrected chi connectivity index (χ1v) is 4.37. The average Bonchev–Trinajstić information content (AvgIpc) is 2.36. The number of methoxy groups -OCH3 is 1. The van der Waals surface area contributed by atoms with Crippen molar-refractivity contribution >= 4 is 12.2 Å². The molecular formula is C8H16N2OS. The summed E-state index contributed by atoms with van der Waals surface area (Å²) in [6.07, 6.45) is 0. The van der Waals surface area contributed by atoms with Gasteiger partial charge in [0.1, 0.15) is 4.64 Å². The molecular weight excluding hydrogens is 172 g/mol. The molecule has 0 aromatic carbocycles. The van der Waals surface area contributed by atoms with Crippen molar-refractivity contribution in [3.63, 3.8) is 0 Å². The van der Waals surface area contributed by atoms with Crippen molar-refractivity contribution in [3.8, 4) is 5.88 Å². The van der Waals surface area contributed by atoms with E-state index >= 15 is 0 Å². The summed E-state index contributed by atoms with van der Waals surface area (Å²) in [5.74, 6) is 0.743. The van der Waals surface area contributed by atoms with E-state index in [1.165, 1.54) is 0 Å². The maximum atomic E-state index is 5.03. The smallest absolute Gasteiger partial charge is 0.211 e. The zero-order chi connectivity index (χ0) is 9.72. The molecule has 1 N–H and O–H groups in total. The zero-order valence-electron chi connectivity index (χ0n) is 8.26. The first-order chi connectivity index (χ1) is 5.66. The highest BCUT2D eigenvalue weighted by Gasteiger charge is 2.02. The third kappa shape index (κ3) is 2.11. The van der Waals surface area contributed by atoms with Gasteiger partial charge in [0.15, 0.2) is 0 Å². The predicted octanol–water partition coefficient (Wildman–Crippen LogP) is 2.43. The first kappa shape index (κ1) is 11.2. The maximum Gasteiger partial charge on any atom is 0.211 e. The highest BCUT2D eigenvalue weighted by molar-refractivity contribution is 7.71. The van der Waals surface area contributed by atoms with Gasteiger partial charge in [0, 0.05) is 12.6 Å². The molecule has 1 aromatic heterocycles. The molecule has 0 amide bonds. The number of rotatable bonds is 1. The van der Waals surface area contributed by atoms with Crippen LogP contribution in [0.1, 0.15) is 19.4 Å². The Labute approximate surface area is 78.3 Å². The van der Waals surface area contributed by atoms with Gasteiger partial charge in [-0.05, 0) is 6.92 Å². The summed E-state index contributed by atoms with van der Waals surface area (Å²) in [5.41, 5.74) is 0.986. The lowest BCUT2D eigenvalue weighted by Gasteiger charge is -1.93. The first-order valence-electron chi connectivity index (χ1n) is 3.96. The van der Waals surface area contributed by atoms with Crippen LogP contribution in [0.15, 0.2) is 0 Å². The van der Waals surface area contributed by atoms with Gasteiger partial charge in [-0.15, -0.1) is 0 Å². The average molecular weight is 188 g/mol. The number of aryl methyl sites for hydroxylation is 1. The maximum absolute atomic E-state index is 5.03. The summed E-state index contributed by atoms with van der Waals surface area (Å²) in [6.45, 7) is 5.93. The molecule has 0 saturated carbocycles. The van der Waals surface area contributed by atoms with E-state index in [4.69, 9.17) is 17.0 Å². The van der Waals surface area contributed by atoms with Crippen LogP contribution in [0, 0.1) is 11.6 Å². The minimum absolute atomic E-state index is 0.743. The number of hydrogen-bond acceptors (Lipinski definition) is 2. The molecule has 0 radical (unpaired) electrons. The monoisotopic (exact) mass is 188 g/mol. The minimum atomic E-state index is 0.743. The van der Waals surface area contributed by atoms with Crippen molar-refractivity contribution in [1.29, 1.82) is 0 Å². The number of nitrogens with one attached hydrogen (secondary N) is 1. The van der Waals surface area contributed by atoms with Gasteiger partial charge in [0.2, 0.25) is 5.88 Å². The molecule has 1 heterocycles. The Hall–Kier alpha value is -0.770. The van der Waals surface area contributed by atoms with Gasteiger partial charge in [-0.25, -0.2) is 0 Å². The van der Waals surface area contributed by atoms with Crippen molar-refractivity contribution in [1.82, 2.24) is 9.78 Å². The second-order valence-electron chi connectivity index (χ2n) is 2.13. The quantitative estimate of drug-likeness (QED) is 0.686. The van der Waals surface area contributed by atoms with Crippen LogP contribution in [-0.2, 0) is 7.05 Å². The summed E-state index contributed by atoms with van der Waals surface area (Å²) < 4.78 is 7.55. The SMILES string of the molecule is CC.COc1[nH]n(C)c(=S)c1C. The van der Waals surface area contributed by atoms with Crippen LogP contribution in [0.4, 0.5) is 0 Å². The second-order valence-corrected chi connectivity index (χ2v) is 2.52. The van der Waals surface area contributed by atoms with E-state index in [9.17, 15) is 0 Å². The van der Waals surface area contributed by atoms with Crippen LogP contribution < -0.4 is 4.74 Å². The Morgan fingerprint density at radius 3 is 2.08 bits per heavy atom. The summed E-state index contributed by atoms with van der Waals surface area (Å²) in [6, 6.07) is 0. The molecule has 0 saturated heterocycles. The molecule has 0 aliphatic carbocycles. The van der Waals surface area contributed by atoms with Crippen LogP contribution in [0.25, 0.3) is 0 Å². The van der Waals surface area contributed by atoms with Crippen LogP contribution in [0.3, 0.4) is 0 Å². The van der Waals surface area contributed by atoms with Crippen molar-refractivity contribution in [2.75, 3.05) is 7.11 Å². The van der Waals surface area contributed by atoms with Crippen molar-refractivity contribution in [2.24, 2.45) is 7.05 Å².